The number of carbonyl (C=O) groups is 1. The van der Waals surface area contributed by atoms with E-state index in [1.807, 2.05) is 18.2 Å². The summed E-state index contributed by atoms with van der Waals surface area (Å²) in [4.78, 5) is 24.7. The molecule has 1 amide bonds. The van der Waals surface area contributed by atoms with Crippen LogP contribution in [0.4, 0.5) is 5.69 Å². The van der Waals surface area contributed by atoms with E-state index in [1.165, 1.54) is 19.3 Å². The predicted molar refractivity (Wildman–Crippen MR) is 97.3 cm³/mol. The molecule has 5 heteroatoms. The number of aromatic nitrogens is 3. The van der Waals surface area contributed by atoms with Gasteiger partial charge in [-0.3, -0.25) is 9.78 Å². The molecule has 25 heavy (non-hydrogen) atoms. The summed E-state index contributed by atoms with van der Waals surface area (Å²) in [6, 6.07) is 8.02. The zero-order valence-electron chi connectivity index (χ0n) is 14.0. The zero-order chi connectivity index (χ0) is 16.8. The molecular formula is C20H20N4O. The van der Waals surface area contributed by atoms with E-state index >= 15 is 0 Å². The number of rotatable bonds is 2. The third-order valence-corrected chi connectivity index (χ3v) is 5.60. The molecular weight excluding hydrogens is 312 g/mol. The van der Waals surface area contributed by atoms with Crippen LogP contribution in [0.1, 0.15) is 43.6 Å². The van der Waals surface area contributed by atoms with Gasteiger partial charge in [-0.1, -0.05) is 19.3 Å². The van der Waals surface area contributed by atoms with Crippen LogP contribution >= 0.6 is 0 Å². The van der Waals surface area contributed by atoms with Crippen molar-refractivity contribution in [3.05, 3.63) is 42.2 Å². The van der Waals surface area contributed by atoms with E-state index in [-0.39, 0.29) is 11.8 Å². The minimum atomic E-state index is -0.0132. The first kappa shape index (κ1) is 14.6. The number of carbonyl (C=O) groups excluding carboxylic acids is 1. The van der Waals surface area contributed by atoms with E-state index < -0.39 is 0 Å². The van der Waals surface area contributed by atoms with Crippen LogP contribution in [-0.4, -0.2) is 20.9 Å². The Bertz CT molecular complexity index is 941. The SMILES string of the molecule is O=C1Nc2cc3[nH]c(-c4ccncc4)nc3cc2C1C1CCCCC1. The van der Waals surface area contributed by atoms with Crippen molar-refractivity contribution in [3.63, 3.8) is 0 Å². The Balaban J connectivity index is 1.57. The molecule has 0 spiro atoms. The van der Waals surface area contributed by atoms with Crippen molar-refractivity contribution in [2.75, 3.05) is 5.32 Å². The largest absolute Gasteiger partial charge is 0.338 e. The van der Waals surface area contributed by atoms with Gasteiger partial charge in [-0.05, 0) is 48.6 Å². The number of hydrogen-bond donors (Lipinski definition) is 2. The van der Waals surface area contributed by atoms with E-state index in [0.29, 0.717) is 5.92 Å². The molecule has 2 aromatic heterocycles. The number of H-pyrrole nitrogens is 1. The predicted octanol–water partition coefficient (Wildman–Crippen LogP) is 4.24. The lowest BCUT2D eigenvalue weighted by Crippen LogP contribution is -2.22. The molecule has 5 nitrogen and oxygen atoms in total. The number of nitrogens with one attached hydrogen (secondary N) is 2. The van der Waals surface area contributed by atoms with Gasteiger partial charge in [-0.25, -0.2) is 4.98 Å². The Morgan fingerprint density at radius 1 is 1.04 bits per heavy atom. The van der Waals surface area contributed by atoms with Crippen LogP contribution in [-0.2, 0) is 4.79 Å². The molecule has 0 saturated heterocycles. The molecule has 3 heterocycles. The van der Waals surface area contributed by atoms with E-state index in [2.05, 4.69) is 21.4 Å². The molecule has 126 valence electrons. The van der Waals surface area contributed by atoms with Crippen LogP contribution in [0.2, 0.25) is 0 Å². The Hall–Kier alpha value is -2.69. The summed E-state index contributed by atoms with van der Waals surface area (Å²) in [6.07, 6.45) is 9.60. The quantitative estimate of drug-likeness (QED) is 0.737. The Morgan fingerprint density at radius 2 is 1.84 bits per heavy atom. The van der Waals surface area contributed by atoms with Crippen molar-refractivity contribution < 1.29 is 4.79 Å². The number of pyridine rings is 1. The second-order valence-electron chi connectivity index (χ2n) is 7.14. The molecule has 3 aromatic rings. The molecule has 1 aromatic carbocycles. The fraction of sp³-hybridized carbons (Fsp3) is 0.350. The fourth-order valence-electron chi connectivity index (χ4n) is 4.37. The molecule has 2 aliphatic rings. The van der Waals surface area contributed by atoms with Gasteiger partial charge in [0.1, 0.15) is 5.82 Å². The van der Waals surface area contributed by atoms with Gasteiger partial charge in [0.05, 0.1) is 17.0 Å². The summed E-state index contributed by atoms with van der Waals surface area (Å²) in [5.74, 6) is 1.44. The number of amides is 1. The number of nitrogens with zero attached hydrogens (tertiary/aromatic N) is 2. The number of hydrogen-bond acceptors (Lipinski definition) is 3. The monoisotopic (exact) mass is 332 g/mol. The summed E-state index contributed by atoms with van der Waals surface area (Å²) in [7, 11) is 0. The van der Waals surface area contributed by atoms with Crippen molar-refractivity contribution in [3.8, 4) is 11.4 Å². The number of anilines is 1. The second kappa shape index (κ2) is 5.69. The first-order valence-electron chi connectivity index (χ1n) is 9.04. The minimum Gasteiger partial charge on any atom is -0.338 e. The van der Waals surface area contributed by atoms with E-state index in [0.717, 1.165) is 46.5 Å². The molecule has 2 N–H and O–H groups in total. The fourth-order valence-corrected chi connectivity index (χ4v) is 4.37. The lowest BCUT2D eigenvalue weighted by atomic mass is 9.77. The molecule has 0 radical (unpaired) electrons. The number of imidazole rings is 1. The highest BCUT2D eigenvalue weighted by Gasteiger charge is 2.37. The summed E-state index contributed by atoms with van der Waals surface area (Å²) in [5.41, 5.74) is 4.95. The maximum atomic E-state index is 12.6. The lowest BCUT2D eigenvalue weighted by Gasteiger charge is -2.26. The van der Waals surface area contributed by atoms with Gasteiger partial charge in [0.2, 0.25) is 5.91 Å². The average Bonchev–Trinajstić information content (AvgIpc) is 3.20. The molecule has 0 bridgehead atoms. The van der Waals surface area contributed by atoms with Gasteiger partial charge in [-0.15, -0.1) is 0 Å². The summed E-state index contributed by atoms with van der Waals surface area (Å²) in [5, 5.41) is 3.09. The molecule has 1 aliphatic carbocycles. The lowest BCUT2D eigenvalue weighted by molar-refractivity contribution is -0.118. The van der Waals surface area contributed by atoms with Crippen molar-refractivity contribution in [2.45, 2.75) is 38.0 Å². The number of benzene rings is 1. The molecule has 1 fully saturated rings. The highest BCUT2D eigenvalue weighted by molar-refractivity contribution is 6.05. The third-order valence-electron chi connectivity index (χ3n) is 5.60. The Kier molecular flexibility index (Phi) is 3.33. The number of aromatic amines is 1. The van der Waals surface area contributed by atoms with Gasteiger partial charge in [0.15, 0.2) is 0 Å². The molecule has 1 atom stereocenters. The van der Waals surface area contributed by atoms with Crippen LogP contribution in [0.5, 0.6) is 0 Å². The van der Waals surface area contributed by atoms with Gasteiger partial charge >= 0.3 is 0 Å². The normalized spacial score (nSPS) is 20.6. The molecule has 1 aliphatic heterocycles. The Labute approximate surface area is 145 Å². The third kappa shape index (κ3) is 2.42. The molecule has 1 saturated carbocycles. The number of fused-ring (bicyclic) bond motifs is 2. The van der Waals surface area contributed by atoms with E-state index in [4.69, 9.17) is 4.98 Å². The maximum Gasteiger partial charge on any atom is 0.232 e. The second-order valence-corrected chi connectivity index (χ2v) is 7.14. The van der Waals surface area contributed by atoms with Crippen molar-refractivity contribution >= 4 is 22.6 Å². The standard InChI is InChI=1S/C20H20N4O/c25-20-18(12-4-2-1-3-5-12)14-10-16-17(11-15(14)24-20)23-19(22-16)13-6-8-21-9-7-13/h6-12,18H,1-5H2,(H,22,23)(H,24,25). The van der Waals surface area contributed by atoms with Crippen molar-refractivity contribution in [1.29, 1.82) is 0 Å². The van der Waals surface area contributed by atoms with Crippen LogP contribution in [0.3, 0.4) is 0 Å². The van der Waals surface area contributed by atoms with Gasteiger partial charge in [0.25, 0.3) is 0 Å². The van der Waals surface area contributed by atoms with Crippen molar-refractivity contribution in [2.24, 2.45) is 5.92 Å². The van der Waals surface area contributed by atoms with Crippen molar-refractivity contribution in [1.82, 2.24) is 15.0 Å². The van der Waals surface area contributed by atoms with E-state index in [9.17, 15) is 4.79 Å². The smallest absolute Gasteiger partial charge is 0.232 e. The highest BCUT2D eigenvalue weighted by Crippen LogP contribution is 2.44. The zero-order valence-corrected chi connectivity index (χ0v) is 14.0. The minimum absolute atomic E-state index is 0.0132. The summed E-state index contributed by atoms with van der Waals surface area (Å²) >= 11 is 0. The van der Waals surface area contributed by atoms with Gasteiger partial charge in [0, 0.05) is 23.6 Å². The topological polar surface area (TPSA) is 70.7 Å². The van der Waals surface area contributed by atoms with Crippen LogP contribution in [0.25, 0.3) is 22.4 Å². The van der Waals surface area contributed by atoms with E-state index in [1.54, 1.807) is 12.4 Å². The Morgan fingerprint density at radius 3 is 2.64 bits per heavy atom. The van der Waals surface area contributed by atoms with Gasteiger partial charge < -0.3 is 10.3 Å². The van der Waals surface area contributed by atoms with Crippen LogP contribution in [0.15, 0.2) is 36.7 Å². The molecule has 5 rings (SSSR count). The maximum absolute atomic E-state index is 12.6. The van der Waals surface area contributed by atoms with Gasteiger partial charge in [-0.2, -0.15) is 0 Å². The summed E-state index contributed by atoms with van der Waals surface area (Å²) in [6.45, 7) is 0. The van der Waals surface area contributed by atoms with Crippen LogP contribution < -0.4 is 5.32 Å². The highest BCUT2D eigenvalue weighted by atomic mass is 16.2. The summed E-state index contributed by atoms with van der Waals surface area (Å²) < 4.78 is 0. The first-order valence-corrected chi connectivity index (χ1v) is 9.04. The molecule has 1 unspecified atom stereocenters. The van der Waals surface area contributed by atoms with Crippen LogP contribution in [0, 0.1) is 5.92 Å². The average molecular weight is 332 g/mol. The first-order chi connectivity index (χ1) is 12.3.